The molecular weight excluding hydrogens is 615 g/mol. The first-order valence-electron chi connectivity index (χ1n) is 15.6. The number of carbonyl (C=O) groups is 1. The van der Waals surface area contributed by atoms with Gasteiger partial charge in [-0.3, -0.25) is 14.8 Å². The molecule has 1 aliphatic heterocycles. The number of carboxylic acid groups (broad SMARTS) is 1. The van der Waals surface area contributed by atoms with Crippen LogP contribution in [0.3, 0.4) is 0 Å². The van der Waals surface area contributed by atoms with E-state index < -0.39 is 5.97 Å². The summed E-state index contributed by atoms with van der Waals surface area (Å²) in [6.07, 6.45) is 5.05. The number of carboxylic acids is 1. The van der Waals surface area contributed by atoms with Gasteiger partial charge in [0.05, 0.1) is 68.9 Å². The van der Waals surface area contributed by atoms with Crippen LogP contribution in [0.2, 0.25) is 0 Å². The van der Waals surface area contributed by atoms with E-state index in [1.54, 1.807) is 6.07 Å². The van der Waals surface area contributed by atoms with Gasteiger partial charge in [0.25, 0.3) is 0 Å². The van der Waals surface area contributed by atoms with Crippen molar-refractivity contribution in [2.45, 2.75) is 38.5 Å². The summed E-state index contributed by atoms with van der Waals surface area (Å²) in [7, 11) is 0. The number of hydrogen-bond acceptors (Lipinski definition) is 12. The normalized spacial score (nSPS) is 18.8. The fourth-order valence-corrected chi connectivity index (χ4v) is 5.74. The maximum Gasteiger partial charge on any atom is 0.354 e. The van der Waals surface area contributed by atoms with Gasteiger partial charge < -0.3 is 24.1 Å². The van der Waals surface area contributed by atoms with Crippen molar-refractivity contribution in [1.29, 1.82) is 0 Å². The first kappa shape index (κ1) is 37.1. The van der Waals surface area contributed by atoms with Crippen LogP contribution in [-0.4, -0.2) is 133 Å². The van der Waals surface area contributed by atoms with E-state index in [4.69, 9.17) is 18.9 Å². The van der Waals surface area contributed by atoms with Gasteiger partial charge in [0.2, 0.25) is 0 Å². The standard InChI is InChI=1S/C32H47N5O6S2/c38-32(39)31-9-6-8-29(35-31)24-36-12-16-40-20-21-41-17-13-37(23-28-7-2-4-11-34-28)15-19-43-30(25-42-18-14-36)26-45-22-5-1-3-10-33-27-44/h2,4,6-9,11,30H,1,3,5,10,12-26H2,(H,38,39)/t30-/m0/s1. The average molecular weight is 662 g/mol. The molecule has 0 spiro atoms. The van der Waals surface area contributed by atoms with Crippen molar-refractivity contribution in [2.24, 2.45) is 4.99 Å². The van der Waals surface area contributed by atoms with Gasteiger partial charge in [-0.15, -0.1) is 0 Å². The molecule has 1 atom stereocenters. The highest BCUT2D eigenvalue weighted by atomic mass is 32.2. The summed E-state index contributed by atoms with van der Waals surface area (Å²) < 4.78 is 24.3. The van der Waals surface area contributed by atoms with Gasteiger partial charge in [-0.25, -0.2) is 14.8 Å². The molecule has 0 aromatic carbocycles. The zero-order valence-electron chi connectivity index (χ0n) is 26.1. The number of aromatic nitrogens is 2. The molecule has 0 radical (unpaired) electrons. The Labute approximate surface area is 276 Å². The summed E-state index contributed by atoms with van der Waals surface area (Å²) in [5.41, 5.74) is 1.75. The van der Waals surface area contributed by atoms with E-state index in [1.807, 2.05) is 42.2 Å². The van der Waals surface area contributed by atoms with Crippen molar-refractivity contribution in [3.63, 3.8) is 0 Å². The molecule has 1 N–H and O–H groups in total. The maximum absolute atomic E-state index is 11.4. The predicted octanol–water partition coefficient (Wildman–Crippen LogP) is 3.93. The van der Waals surface area contributed by atoms with Crippen molar-refractivity contribution >= 4 is 35.1 Å². The van der Waals surface area contributed by atoms with Crippen LogP contribution >= 0.6 is 24.0 Å². The molecule has 248 valence electrons. The number of hydrogen-bond donors (Lipinski definition) is 1. The Morgan fingerprint density at radius 2 is 1.62 bits per heavy atom. The molecular formula is C32H47N5O6S2. The van der Waals surface area contributed by atoms with Gasteiger partial charge in [-0.2, -0.15) is 11.8 Å². The number of unbranched alkanes of at least 4 members (excludes halogenated alkanes) is 2. The predicted molar refractivity (Wildman–Crippen MR) is 179 cm³/mol. The van der Waals surface area contributed by atoms with E-state index in [9.17, 15) is 9.90 Å². The van der Waals surface area contributed by atoms with Crippen molar-refractivity contribution in [3.8, 4) is 0 Å². The smallest absolute Gasteiger partial charge is 0.354 e. The van der Waals surface area contributed by atoms with Crippen molar-refractivity contribution in [3.05, 3.63) is 59.7 Å². The van der Waals surface area contributed by atoms with Gasteiger partial charge in [0.15, 0.2) is 0 Å². The average Bonchev–Trinajstić information content (AvgIpc) is 3.05. The molecule has 1 aliphatic rings. The summed E-state index contributed by atoms with van der Waals surface area (Å²) in [4.78, 5) is 28.7. The lowest BCUT2D eigenvalue weighted by atomic mass is 10.2. The second-order valence-corrected chi connectivity index (χ2v) is 11.9. The molecule has 1 fully saturated rings. The van der Waals surface area contributed by atoms with Crippen LogP contribution in [0, 0.1) is 0 Å². The lowest BCUT2D eigenvalue weighted by Crippen LogP contribution is -2.35. The topological polar surface area (TPSA) is 119 Å². The molecule has 3 rings (SSSR count). The summed E-state index contributed by atoms with van der Waals surface area (Å²) >= 11 is 6.53. The Morgan fingerprint density at radius 3 is 2.33 bits per heavy atom. The number of isothiocyanates is 1. The Bertz CT molecular complexity index is 1130. The van der Waals surface area contributed by atoms with E-state index in [2.05, 4.69) is 42.1 Å². The van der Waals surface area contributed by atoms with Gasteiger partial charge in [-0.1, -0.05) is 18.6 Å². The molecule has 13 heteroatoms. The van der Waals surface area contributed by atoms with Crippen LogP contribution in [0.15, 0.2) is 47.6 Å². The molecule has 1 saturated heterocycles. The second-order valence-electron chi connectivity index (χ2n) is 10.6. The second kappa shape index (κ2) is 23.9. The minimum atomic E-state index is -1.03. The number of thiocarbonyl (C=S) groups is 1. The number of rotatable bonds is 13. The van der Waals surface area contributed by atoms with Crippen LogP contribution in [-0.2, 0) is 32.0 Å². The first-order chi connectivity index (χ1) is 22.1. The number of pyridine rings is 2. The number of aliphatic imine (C=N–C) groups is 1. The molecule has 0 amide bonds. The summed E-state index contributed by atoms with van der Waals surface area (Å²) in [6.45, 7) is 8.53. The third-order valence-electron chi connectivity index (χ3n) is 7.04. The Morgan fingerprint density at radius 1 is 0.911 bits per heavy atom. The van der Waals surface area contributed by atoms with E-state index in [0.29, 0.717) is 71.6 Å². The molecule has 2 aromatic heterocycles. The fraction of sp³-hybridized carbons (Fsp3) is 0.625. The van der Waals surface area contributed by atoms with E-state index in [-0.39, 0.29) is 11.8 Å². The minimum Gasteiger partial charge on any atom is -0.477 e. The highest BCUT2D eigenvalue weighted by Crippen LogP contribution is 2.12. The summed E-state index contributed by atoms with van der Waals surface area (Å²) in [5, 5.41) is 11.8. The fourth-order valence-electron chi connectivity index (χ4n) is 4.62. The monoisotopic (exact) mass is 661 g/mol. The summed E-state index contributed by atoms with van der Waals surface area (Å²) in [6, 6.07) is 11.0. The first-order valence-corrected chi connectivity index (χ1v) is 17.2. The zero-order chi connectivity index (χ0) is 31.8. The van der Waals surface area contributed by atoms with Gasteiger partial charge >= 0.3 is 5.97 Å². The van der Waals surface area contributed by atoms with E-state index in [0.717, 1.165) is 62.6 Å². The van der Waals surface area contributed by atoms with Crippen LogP contribution in [0.4, 0.5) is 0 Å². The molecule has 3 heterocycles. The number of aromatic carboxylic acids is 1. The van der Waals surface area contributed by atoms with Crippen molar-refractivity contribution in [1.82, 2.24) is 19.8 Å². The lowest BCUT2D eigenvalue weighted by molar-refractivity contribution is -0.0238. The van der Waals surface area contributed by atoms with E-state index >= 15 is 0 Å². The number of ether oxygens (including phenoxy) is 4. The maximum atomic E-state index is 11.4. The van der Waals surface area contributed by atoms with Crippen LogP contribution in [0.25, 0.3) is 0 Å². The third-order valence-corrected chi connectivity index (χ3v) is 8.36. The summed E-state index contributed by atoms with van der Waals surface area (Å²) in [5.74, 6) is 0.873. The molecule has 0 unspecified atom stereocenters. The third kappa shape index (κ3) is 17.2. The van der Waals surface area contributed by atoms with Gasteiger partial charge in [0.1, 0.15) is 5.69 Å². The molecule has 0 bridgehead atoms. The van der Waals surface area contributed by atoms with Crippen molar-refractivity contribution in [2.75, 3.05) is 90.5 Å². The molecule has 11 nitrogen and oxygen atoms in total. The Balaban J connectivity index is 1.56. The number of nitrogens with zero attached hydrogens (tertiary/aromatic N) is 5. The lowest BCUT2D eigenvalue weighted by Gasteiger charge is -2.25. The van der Waals surface area contributed by atoms with Gasteiger partial charge in [0, 0.05) is 57.8 Å². The molecule has 45 heavy (non-hydrogen) atoms. The molecule has 0 aliphatic carbocycles. The van der Waals surface area contributed by atoms with Gasteiger partial charge in [-0.05, 0) is 55.1 Å². The van der Waals surface area contributed by atoms with E-state index in [1.165, 1.54) is 6.07 Å². The largest absolute Gasteiger partial charge is 0.477 e. The quantitative estimate of drug-likeness (QED) is 0.190. The number of thioether (sulfide) groups is 1. The highest BCUT2D eigenvalue weighted by molar-refractivity contribution is 7.99. The SMILES string of the molecule is O=C(O)c1cccc(CN2CCOCCOCCN(Cc3ccccn3)CCO[C@H](CSCCCCCN=C=S)COCC2)n1. The molecule has 2 aromatic rings. The minimum absolute atomic E-state index is 0.0352. The van der Waals surface area contributed by atoms with Crippen LogP contribution in [0.1, 0.15) is 41.1 Å². The highest BCUT2D eigenvalue weighted by Gasteiger charge is 2.15. The Kier molecular flexibility index (Phi) is 19.8. The van der Waals surface area contributed by atoms with Crippen molar-refractivity contribution < 1.29 is 28.8 Å². The zero-order valence-corrected chi connectivity index (χ0v) is 27.7. The Hall–Kier alpha value is -2.32. The van der Waals surface area contributed by atoms with Crippen LogP contribution < -0.4 is 0 Å². The molecule has 0 saturated carbocycles. The van der Waals surface area contributed by atoms with Crippen LogP contribution in [0.5, 0.6) is 0 Å².